The molecule has 0 aliphatic carbocycles. The Labute approximate surface area is 233 Å². The number of thioether (sulfide) groups is 1. The van der Waals surface area contributed by atoms with Crippen molar-refractivity contribution in [2.75, 3.05) is 6.61 Å². The van der Waals surface area contributed by atoms with Gasteiger partial charge < -0.3 is 9.47 Å². The third-order valence-corrected chi connectivity index (χ3v) is 7.42. The van der Waals surface area contributed by atoms with Crippen LogP contribution < -0.4 is 9.47 Å². The summed E-state index contributed by atoms with van der Waals surface area (Å²) in [6.45, 7) is 4.86. The van der Waals surface area contributed by atoms with Crippen LogP contribution >= 0.6 is 34.4 Å². The molecule has 186 valence electrons. The van der Waals surface area contributed by atoms with Crippen LogP contribution in [0.4, 0.5) is 0 Å². The Morgan fingerprint density at radius 3 is 2.65 bits per heavy atom. The number of nitrogens with one attached hydrogen (secondary N) is 1. The second-order valence-electron chi connectivity index (χ2n) is 8.47. The lowest BCUT2D eigenvalue weighted by atomic mass is 10.1. The molecule has 0 atom stereocenters. The smallest absolute Gasteiger partial charge is 0.283 e. The molecule has 0 unspecified atom stereocenters. The van der Waals surface area contributed by atoms with Gasteiger partial charge in [-0.05, 0) is 71.3 Å². The third-order valence-electron chi connectivity index (χ3n) is 5.79. The number of nitrogens with zero attached hydrogens (tertiary/aromatic N) is 2. The van der Waals surface area contributed by atoms with Crippen LogP contribution in [0.25, 0.3) is 11.8 Å². The Hall–Kier alpha value is -3.37. The van der Waals surface area contributed by atoms with E-state index in [0.29, 0.717) is 29.9 Å². The molecule has 0 saturated carbocycles. The summed E-state index contributed by atoms with van der Waals surface area (Å²) in [5.41, 5.74) is 5.00. The van der Waals surface area contributed by atoms with Crippen LogP contribution in [-0.2, 0) is 11.4 Å². The van der Waals surface area contributed by atoms with E-state index < -0.39 is 5.91 Å². The number of aryl methyl sites for hydroxylation is 1. The molecule has 1 N–H and O–H groups in total. The maximum atomic E-state index is 12.9. The van der Waals surface area contributed by atoms with Crippen LogP contribution in [0.3, 0.4) is 0 Å². The van der Waals surface area contributed by atoms with Gasteiger partial charge in [0.2, 0.25) is 0 Å². The van der Waals surface area contributed by atoms with Crippen molar-refractivity contribution in [3.8, 4) is 11.5 Å². The summed E-state index contributed by atoms with van der Waals surface area (Å²) >= 11 is 3.57. The molecule has 5 rings (SSSR count). The van der Waals surface area contributed by atoms with Gasteiger partial charge >= 0.3 is 0 Å². The monoisotopic (exact) mass is 621 g/mol. The van der Waals surface area contributed by atoms with Gasteiger partial charge in [0.15, 0.2) is 16.7 Å². The lowest BCUT2D eigenvalue weighted by Gasteiger charge is -2.27. The molecule has 0 fully saturated rings. The number of carbonyl (C=O) groups is 1. The number of amidine groups is 2. The molecule has 0 spiro atoms. The lowest BCUT2D eigenvalue weighted by Crippen LogP contribution is -2.38. The second kappa shape index (κ2) is 10.9. The van der Waals surface area contributed by atoms with E-state index in [1.807, 2.05) is 66.9 Å². The van der Waals surface area contributed by atoms with E-state index in [-0.39, 0.29) is 11.4 Å². The Morgan fingerprint density at radius 1 is 1.08 bits per heavy atom. The van der Waals surface area contributed by atoms with Crippen LogP contribution in [0, 0.1) is 15.9 Å². The lowest BCUT2D eigenvalue weighted by molar-refractivity contribution is -0.114. The van der Waals surface area contributed by atoms with Crippen LogP contribution in [0.1, 0.15) is 29.2 Å². The van der Waals surface area contributed by atoms with Crippen molar-refractivity contribution < 1.29 is 14.3 Å². The SMILES string of the molecule is CCOc1cc(C=C2C(=N)N3C(c4ccccc4)=CSC3=NC2=O)cc(I)c1OCc1cccc(C)c1. The normalized spacial score (nSPS) is 16.0. The Kier molecular flexibility index (Phi) is 7.48. The minimum Gasteiger partial charge on any atom is -0.490 e. The fourth-order valence-electron chi connectivity index (χ4n) is 4.11. The van der Waals surface area contributed by atoms with Crippen molar-refractivity contribution in [3.05, 3.63) is 104 Å². The molecule has 2 heterocycles. The number of hydrogen-bond donors (Lipinski definition) is 1. The maximum absolute atomic E-state index is 12.9. The van der Waals surface area contributed by atoms with E-state index >= 15 is 0 Å². The Bertz CT molecular complexity index is 1480. The summed E-state index contributed by atoms with van der Waals surface area (Å²) in [5.74, 6) is 0.915. The first kappa shape index (κ1) is 25.3. The molecule has 6 nitrogen and oxygen atoms in total. The van der Waals surface area contributed by atoms with Crippen LogP contribution in [0.15, 0.2) is 82.7 Å². The quantitative estimate of drug-likeness (QED) is 0.230. The standard InChI is InChI=1S/C29H24IN3O3S/c1-3-35-25-15-20(14-23(30)26(25)36-16-19-9-7-8-18(2)12-19)13-22-27(31)33-24(21-10-5-4-6-11-21)17-37-29(33)32-28(22)34/h4-15,17,31H,3,16H2,1-2H3. The number of carbonyl (C=O) groups excluding carboxylic acids is 1. The molecule has 2 aliphatic heterocycles. The average Bonchev–Trinajstić information content (AvgIpc) is 3.31. The molecule has 0 saturated heterocycles. The van der Waals surface area contributed by atoms with Crippen LogP contribution in [0.2, 0.25) is 0 Å². The number of halogens is 1. The summed E-state index contributed by atoms with van der Waals surface area (Å²) < 4.78 is 12.9. The summed E-state index contributed by atoms with van der Waals surface area (Å²) in [6, 6.07) is 21.8. The van der Waals surface area contributed by atoms with Gasteiger partial charge in [0, 0.05) is 5.41 Å². The molecule has 1 amide bonds. The highest BCUT2D eigenvalue weighted by Crippen LogP contribution is 2.39. The predicted octanol–water partition coefficient (Wildman–Crippen LogP) is 6.88. The number of amides is 1. The molecule has 3 aromatic rings. The second-order valence-corrected chi connectivity index (χ2v) is 10.5. The topological polar surface area (TPSA) is 75.0 Å². The predicted molar refractivity (Wildman–Crippen MR) is 158 cm³/mol. The highest BCUT2D eigenvalue weighted by Gasteiger charge is 2.36. The number of ether oxygens (including phenoxy) is 2. The van der Waals surface area contributed by atoms with Crippen molar-refractivity contribution in [2.24, 2.45) is 4.99 Å². The minimum absolute atomic E-state index is 0.0999. The van der Waals surface area contributed by atoms with E-state index in [2.05, 4.69) is 46.6 Å². The minimum atomic E-state index is -0.431. The van der Waals surface area contributed by atoms with Crippen molar-refractivity contribution in [1.29, 1.82) is 5.41 Å². The third kappa shape index (κ3) is 5.35. The average molecular weight is 622 g/mol. The van der Waals surface area contributed by atoms with Crippen molar-refractivity contribution in [2.45, 2.75) is 20.5 Å². The van der Waals surface area contributed by atoms with Crippen molar-refractivity contribution >= 4 is 63.0 Å². The largest absolute Gasteiger partial charge is 0.490 e. The van der Waals surface area contributed by atoms with Crippen molar-refractivity contribution in [1.82, 2.24) is 4.90 Å². The van der Waals surface area contributed by atoms with E-state index in [1.165, 1.54) is 17.3 Å². The highest BCUT2D eigenvalue weighted by molar-refractivity contribution is 14.1. The molecule has 0 aromatic heterocycles. The summed E-state index contributed by atoms with van der Waals surface area (Å²) in [7, 11) is 0. The van der Waals surface area contributed by atoms with Gasteiger partial charge in [0.25, 0.3) is 5.91 Å². The first-order valence-corrected chi connectivity index (χ1v) is 13.7. The van der Waals surface area contributed by atoms with Gasteiger partial charge in [-0.3, -0.25) is 15.1 Å². The van der Waals surface area contributed by atoms with Crippen LogP contribution in [0.5, 0.6) is 11.5 Å². The first-order chi connectivity index (χ1) is 17.9. The van der Waals surface area contributed by atoms with Gasteiger partial charge in [-0.2, -0.15) is 4.99 Å². The summed E-state index contributed by atoms with van der Waals surface area (Å²) in [5, 5.41) is 11.3. The van der Waals surface area contributed by atoms with E-state index in [1.54, 1.807) is 11.0 Å². The fraction of sp³-hybridized carbons (Fsp3) is 0.138. The Morgan fingerprint density at radius 2 is 1.89 bits per heavy atom. The summed E-state index contributed by atoms with van der Waals surface area (Å²) in [6.07, 6.45) is 1.70. The summed E-state index contributed by atoms with van der Waals surface area (Å²) in [4.78, 5) is 18.9. The van der Waals surface area contributed by atoms with Gasteiger partial charge in [-0.1, -0.05) is 71.9 Å². The van der Waals surface area contributed by atoms with E-state index in [9.17, 15) is 4.79 Å². The zero-order valence-electron chi connectivity index (χ0n) is 20.3. The molecule has 0 bridgehead atoms. The number of benzene rings is 3. The molecule has 3 aromatic carbocycles. The molecule has 37 heavy (non-hydrogen) atoms. The zero-order valence-corrected chi connectivity index (χ0v) is 23.3. The first-order valence-electron chi connectivity index (χ1n) is 11.8. The molecule has 8 heteroatoms. The fourth-order valence-corrected chi connectivity index (χ4v) is 5.78. The number of fused-ring (bicyclic) bond motifs is 1. The highest BCUT2D eigenvalue weighted by atomic mass is 127. The number of hydrogen-bond acceptors (Lipinski definition) is 5. The number of aliphatic imine (C=N–C) groups is 1. The molecular weight excluding hydrogens is 597 g/mol. The molecular formula is C29H24IN3O3S. The molecule has 2 aliphatic rings. The van der Waals surface area contributed by atoms with E-state index in [4.69, 9.17) is 14.9 Å². The maximum Gasteiger partial charge on any atom is 0.283 e. The molecule has 0 radical (unpaired) electrons. The van der Waals surface area contributed by atoms with Crippen LogP contribution in [-0.4, -0.2) is 28.4 Å². The number of rotatable bonds is 7. The Balaban J connectivity index is 1.45. The van der Waals surface area contributed by atoms with Gasteiger partial charge in [0.1, 0.15) is 12.4 Å². The van der Waals surface area contributed by atoms with Gasteiger partial charge in [-0.15, -0.1) is 0 Å². The van der Waals surface area contributed by atoms with Gasteiger partial charge in [-0.25, -0.2) is 0 Å². The van der Waals surface area contributed by atoms with E-state index in [0.717, 1.165) is 26.0 Å². The zero-order chi connectivity index (χ0) is 25.9. The van der Waals surface area contributed by atoms with Gasteiger partial charge in [0.05, 0.1) is 21.4 Å². The van der Waals surface area contributed by atoms with Crippen molar-refractivity contribution in [3.63, 3.8) is 0 Å².